The number of carbonyl (C=O) groups excluding carboxylic acids is 1. The SMILES string of the molecule is CC(=O)OC(C)(C)Cc1ccc(CCN)cc1. The molecule has 0 atom stereocenters. The molecule has 1 aromatic carbocycles. The van der Waals surface area contributed by atoms with Gasteiger partial charge in [0.15, 0.2) is 0 Å². The Labute approximate surface area is 103 Å². The smallest absolute Gasteiger partial charge is 0.303 e. The number of ether oxygens (including phenoxy) is 1. The van der Waals surface area contributed by atoms with E-state index in [0.717, 1.165) is 18.4 Å². The Bertz CT molecular complexity index is 368. The lowest BCUT2D eigenvalue weighted by Crippen LogP contribution is -2.29. The summed E-state index contributed by atoms with van der Waals surface area (Å²) in [6.45, 7) is 5.94. The van der Waals surface area contributed by atoms with Crippen molar-refractivity contribution in [2.75, 3.05) is 6.54 Å². The lowest BCUT2D eigenvalue weighted by Gasteiger charge is -2.24. The molecule has 0 saturated heterocycles. The first-order valence-corrected chi connectivity index (χ1v) is 5.90. The number of rotatable bonds is 5. The quantitative estimate of drug-likeness (QED) is 0.795. The topological polar surface area (TPSA) is 52.3 Å². The van der Waals surface area contributed by atoms with E-state index in [1.54, 1.807) is 0 Å². The molecule has 0 unspecified atom stereocenters. The van der Waals surface area contributed by atoms with Crippen LogP contribution in [0.4, 0.5) is 0 Å². The fourth-order valence-electron chi connectivity index (χ4n) is 1.91. The number of hydrogen-bond donors (Lipinski definition) is 1. The highest BCUT2D eigenvalue weighted by atomic mass is 16.6. The van der Waals surface area contributed by atoms with Crippen LogP contribution < -0.4 is 5.73 Å². The molecule has 3 heteroatoms. The highest BCUT2D eigenvalue weighted by molar-refractivity contribution is 5.66. The molecule has 0 amide bonds. The van der Waals surface area contributed by atoms with Gasteiger partial charge in [-0.2, -0.15) is 0 Å². The van der Waals surface area contributed by atoms with E-state index in [4.69, 9.17) is 10.5 Å². The molecule has 0 heterocycles. The number of benzene rings is 1. The van der Waals surface area contributed by atoms with Crippen LogP contribution in [0.15, 0.2) is 24.3 Å². The summed E-state index contributed by atoms with van der Waals surface area (Å²) < 4.78 is 5.26. The maximum Gasteiger partial charge on any atom is 0.303 e. The van der Waals surface area contributed by atoms with E-state index < -0.39 is 5.60 Å². The summed E-state index contributed by atoms with van der Waals surface area (Å²) in [5, 5.41) is 0. The van der Waals surface area contributed by atoms with Gasteiger partial charge < -0.3 is 10.5 Å². The molecule has 94 valence electrons. The fourth-order valence-corrected chi connectivity index (χ4v) is 1.91. The van der Waals surface area contributed by atoms with E-state index in [-0.39, 0.29) is 5.97 Å². The molecular formula is C14H21NO2. The van der Waals surface area contributed by atoms with E-state index in [2.05, 4.69) is 24.3 Å². The van der Waals surface area contributed by atoms with Crippen molar-refractivity contribution in [3.8, 4) is 0 Å². The molecule has 0 radical (unpaired) electrons. The van der Waals surface area contributed by atoms with Crippen LogP contribution in [0.25, 0.3) is 0 Å². The predicted octanol–water partition coefficient (Wildman–Crippen LogP) is 2.07. The zero-order valence-electron chi connectivity index (χ0n) is 10.8. The highest BCUT2D eigenvalue weighted by Crippen LogP contribution is 2.17. The molecule has 0 saturated carbocycles. The van der Waals surface area contributed by atoms with Gasteiger partial charge in [-0.1, -0.05) is 24.3 Å². The fraction of sp³-hybridized carbons (Fsp3) is 0.500. The second kappa shape index (κ2) is 5.82. The first-order chi connectivity index (χ1) is 7.93. The Hall–Kier alpha value is -1.35. The maximum atomic E-state index is 11.0. The first-order valence-electron chi connectivity index (χ1n) is 5.90. The molecule has 3 nitrogen and oxygen atoms in total. The molecule has 0 aromatic heterocycles. The summed E-state index contributed by atoms with van der Waals surface area (Å²) in [5.41, 5.74) is 7.44. The molecular weight excluding hydrogens is 214 g/mol. The monoisotopic (exact) mass is 235 g/mol. The maximum absolute atomic E-state index is 11.0. The van der Waals surface area contributed by atoms with Gasteiger partial charge in [-0.15, -0.1) is 0 Å². The Morgan fingerprint density at radius 1 is 1.24 bits per heavy atom. The third-order valence-electron chi connectivity index (χ3n) is 2.51. The van der Waals surface area contributed by atoms with Crippen LogP contribution in [0.3, 0.4) is 0 Å². The van der Waals surface area contributed by atoms with E-state index in [9.17, 15) is 4.79 Å². The second-order valence-electron chi connectivity index (χ2n) is 4.89. The highest BCUT2D eigenvalue weighted by Gasteiger charge is 2.21. The third kappa shape index (κ3) is 5.00. The van der Waals surface area contributed by atoms with Gasteiger partial charge in [-0.25, -0.2) is 0 Å². The molecule has 0 aliphatic rings. The summed E-state index contributed by atoms with van der Waals surface area (Å²) in [5.74, 6) is -0.241. The van der Waals surface area contributed by atoms with E-state index in [1.165, 1.54) is 12.5 Å². The number of hydrogen-bond acceptors (Lipinski definition) is 3. The number of carbonyl (C=O) groups is 1. The van der Waals surface area contributed by atoms with Crippen molar-refractivity contribution in [2.24, 2.45) is 5.73 Å². The van der Waals surface area contributed by atoms with Gasteiger partial charge in [0.1, 0.15) is 5.60 Å². The van der Waals surface area contributed by atoms with Gasteiger partial charge in [0.25, 0.3) is 0 Å². The minimum atomic E-state index is -0.457. The van der Waals surface area contributed by atoms with Gasteiger partial charge >= 0.3 is 5.97 Å². The van der Waals surface area contributed by atoms with Crippen LogP contribution in [0.2, 0.25) is 0 Å². The Balaban J connectivity index is 2.65. The van der Waals surface area contributed by atoms with Crippen LogP contribution >= 0.6 is 0 Å². The minimum absolute atomic E-state index is 0.241. The number of nitrogens with two attached hydrogens (primary N) is 1. The zero-order chi connectivity index (χ0) is 12.9. The van der Waals surface area contributed by atoms with Gasteiger partial charge in [0.2, 0.25) is 0 Å². The lowest BCUT2D eigenvalue weighted by molar-refractivity contribution is -0.153. The summed E-state index contributed by atoms with van der Waals surface area (Å²) in [4.78, 5) is 11.0. The standard InChI is InChI=1S/C14H21NO2/c1-11(16)17-14(2,3)10-13-6-4-12(5-7-13)8-9-15/h4-7H,8-10,15H2,1-3H3. The summed E-state index contributed by atoms with van der Waals surface area (Å²) in [7, 11) is 0. The van der Waals surface area contributed by atoms with Crippen molar-refractivity contribution in [3.63, 3.8) is 0 Å². The summed E-state index contributed by atoms with van der Waals surface area (Å²) in [6.07, 6.45) is 1.61. The molecule has 0 aliphatic heterocycles. The second-order valence-corrected chi connectivity index (χ2v) is 4.89. The molecule has 0 aliphatic carbocycles. The minimum Gasteiger partial charge on any atom is -0.460 e. The molecule has 1 rings (SSSR count). The molecule has 17 heavy (non-hydrogen) atoms. The van der Waals surface area contributed by atoms with Crippen molar-refractivity contribution in [3.05, 3.63) is 35.4 Å². The summed E-state index contributed by atoms with van der Waals surface area (Å²) in [6, 6.07) is 8.28. The van der Waals surface area contributed by atoms with Gasteiger partial charge in [0, 0.05) is 13.3 Å². The van der Waals surface area contributed by atoms with Crippen LogP contribution in [0.1, 0.15) is 31.9 Å². The van der Waals surface area contributed by atoms with Crippen LogP contribution in [0.5, 0.6) is 0 Å². The summed E-state index contributed by atoms with van der Waals surface area (Å²) >= 11 is 0. The molecule has 0 spiro atoms. The Kier molecular flexibility index (Phi) is 4.70. The number of esters is 1. The molecule has 2 N–H and O–H groups in total. The average molecular weight is 235 g/mol. The molecule has 0 fully saturated rings. The average Bonchev–Trinajstić information content (AvgIpc) is 2.18. The molecule has 1 aromatic rings. The van der Waals surface area contributed by atoms with Gasteiger partial charge in [-0.3, -0.25) is 4.79 Å². The van der Waals surface area contributed by atoms with Crippen molar-refractivity contribution in [2.45, 2.75) is 39.2 Å². The normalized spacial score (nSPS) is 11.3. The van der Waals surface area contributed by atoms with Gasteiger partial charge in [-0.05, 0) is 37.9 Å². The molecule has 0 bridgehead atoms. The van der Waals surface area contributed by atoms with E-state index >= 15 is 0 Å². The van der Waals surface area contributed by atoms with Crippen molar-refractivity contribution in [1.82, 2.24) is 0 Å². The van der Waals surface area contributed by atoms with Gasteiger partial charge in [0.05, 0.1) is 0 Å². The van der Waals surface area contributed by atoms with Crippen molar-refractivity contribution in [1.29, 1.82) is 0 Å². The van der Waals surface area contributed by atoms with Crippen molar-refractivity contribution >= 4 is 5.97 Å². The van der Waals surface area contributed by atoms with Crippen molar-refractivity contribution < 1.29 is 9.53 Å². The van der Waals surface area contributed by atoms with Crippen LogP contribution in [0, 0.1) is 0 Å². The Morgan fingerprint density at radius 2 is 1.76 bits per heavy atom. The van der Waals surface area contributed by atoms with Crippen LogP contribution in [-0.4, -0.2) is 18.1 Å². The lowest BCUT2D eigenvalue weighted by atomic mass is 9.97. The van der Waals surface area contributed by atoms with Crippen LogP contribution in [-0.2, 0) is 22.4 Å². The van der Waals surface area contributed by atoms with E-state index in [1.807, 2.05) is 13.8 Å². The Morgan fingerprint density at radius 3 is 2.24 bits per heavy atom. The first kappa shape index (κ1) is 13.7. The van der Waals surface area contributed by atoms with E-state index in [0.29, 0.717) is 6.54 Å². The zero-order valence-corrected chi connectivity index (χ0v) is 10.8. The predicted molar refractivity (Wildman–Crippen MR) is 68.7 cm³/mol. The third-order valence-corrected chi connectivity index (χ3v) is 2.51. The largest absolute Gasteiger partial charge is 0.460 e.